The Kier molecular flexibility index (Phi) is 2.77. The van der Waals surface area contributed by atoms with E-state index in [2.05, 4.69) is 40.0 Å². The van der Waals surface area contributed by atoms with Crippen molar-refractivity contribution >= 4 is 5.69 Å². The summed E-state index contributed by atoms with van der Waals surface area (Å²) in [7, 11) is 0. The first kappa shape index (κ1) is 12.0. The van der Waals surface area contributed by atoms with E-state index in [1.54, 1.807) is 0 Å². The number of hydrogen-bond donors (Lipinski definition) is 1. The third kappa shape index (κ3) is 1.75. The minimum absolute atomic E-state index is 0.257. The van der Waals surface area contributed by atoms with E-state index in [1.807, 2.05) is 12.5 Å². The smallest absolute Gasteiger partial charge is 0.0954 e. The van der Waals surface area contributed by atoms with Gasteiger partial charge in [0, 0.05) is 24.4 Å². The molecule has 1 aromatic carbocycles. The van der Waals surface area contributed by atoms with Gasteiger partial charge in [-0.3, -0.25) is 0 Å². The second kappa shape index (κ2) is 4.63. The van der Waals surface area contributed by atoms with E-state index in [1.165, 1.54) is 22.5 Å². The summed E-state index contributed by atoms with van der Waals surface area (Å²) in [6.45, 7) is 4.02. The summed E-state index contributed by atoms with van der Waals surface area (Å²) in [6, 6.07) is 6.93. The zero-order valence-electron chi connectivity index (χ0n) is 11.7. The molecule has 2 aromatic rings. The Bertz CT molecular complexity index is 634. The highest BCUT2D eigenvalue weighted by Crippen LogP contribution is 2.37. The summed E-state index contributed by atoms with van der Waals surface area (Å²) in [5, 5.41) is 3.51. The predicted octanol–water partition coefficient (Wildman–Crippen LogP) is 2.87. The van der Waals surface area contributed by atoms with Crippen molar-refractivity contribution in [1.82, 2.24) is 9.55 Å². The van der Waals surface area contributed by atoms with Gasteiger partial charge in [-0.2, -0.15) is 0 Å². The molecule has 104 valence electrons. The largest absolute Gasteiger partial charge is 0.384 e. The van der Waals surface area contributed by atoms with Gasteiger partial charge >= 0.3 is 0 Å². The second-order valence-corrected chi connectivity index (χ2v) is 5.63. The van der Waals surface area contributed by atoms with Crippen LogP contribution in [0.1, 0.15) is 24.9 Å². The number of rotatable bonds is 2. The number of benzene rings is 1. The van der Waals surface area contributed by atoms with Crippen LogP contribution in [0.4, 0.5) is 5.69 Å². The first-order valence-corrected chi connectivity index (χ1v) is 7.34. The first-order chi connectivity index (χ1) is 9.84. The molecule has 20 heavy (non-hydrogen) atoms. The van der Waals surface area contributed by atoms with Gasteiger partial charge in [-0.05, 0) is 25.3 Å². The molecule has 1 N–H and O–H groups in total. The van der Waals surface area contributed by atoms with Crippen LogP contribution < -0.4 is 5.32 Å². The molecule has 1 fully saturated rings. The highest BCUT2D eigenvalue weighted by atomic mass is 16.5. The molecule has 2 aliphatic heterocycles. The Morgan fingerprint density at radius 3 is 3.20 bits per heavy atom. The van der Waals surface area contributed by atoms with E-state index >= 15 is 0 Å². The maximum Gasteiger partial charge on any atom is 0.0954 e. The number of aromatic nitrogens is 2. The highest BCUT2D eigenvalue weighted by Gasteiger charge is 2.28. The SMILES string of the molecule is CC1OCCC1n1cncc1-c1cccc2c1NCC2. The topological polar surface area (TPSA) is 39.1 Å². The molecule has 4 heteroatoms. The van der Waals surface area contributed by atoms with Crippen molar-refractivity contribution in [1.29, 1.82) is 0 Å². The summed E-state index contributed by atoms with van der Waals surface area (Å²) >= 11 is 0. The van der Waals surface area contributed by atoms with Crippen molar-refractivity contribution in [3.63, 3.8) is 0 Å². The van der Waals surface area contributed by atoms with Gasteiger partial charge in [-0.25, -0.2) is 4.98 Å². The summed E-state index contributed by atoms with van der Waals surface area (Å²) in [4.78, 5) is 4.38. The maximum atomic E-state index is 5.71. The summed E-state index contributed by atoms with van der Waals surface area (Å²) < 4.78 is 7.99. The molecule has 0 aliphatic carbocycles. The number of hydrogen-bond acceptors (Lipinski definition) is 3. The molecule has 2 unspecified atom stereocenters. The molecule has 0 bridgehead atoms. The lowest BCUT2D eigenvalue weighted by Gasteiger charge is -2.20. The van der Waals surface area contributed by atoms with E-state index in [4.69, 9.17) is 4.74 Å². The molecular weight excluding hydrogens is 250 g/mol. The first-order valence-electron chi connectivity index (χ1n) is 7.34. The van der Waals surface area contributed by atoms with Crippen LogP contribution in [0, 0.1) is 0 Å². The Balaban J connectivity index is 1.81. The molecule has 3 heterocycles. The summed E-state index contributed by atoms with van der Waals surface area (Å²) in [6.07, 6.45) is 6.35. The monoisotopic (exact) mass is 269 g/mol. The van der Waals surface area contributed by atoms with Gasteiger partial charge in [-0.15, -0.1) is 0 Å². The third-order valence-corrected chi connectivity index (χ3v) is 4.48. The third-order valence-electron chi connectivity index (χ3n) is 4.48. The quantitative estimate of drug-likeness (QED) is 0.911. The Labute approximate surface area is 118 Å². The van der Waals surface area contributed by atoms with E-state index in [0.29, 0.717) is 6.04 Å². The van der Waals surface area contributed by atoms with E-state index in [0.717, 1.165) is 26.0 Å². The van der Waals surface area contributed by atoms with Crippen LogP contribution in [0.5, 0.6) is 0 Å². The molecule has 0 saturated carbocycles. The van der Waals surface area contributed by atoms with Crippen LogP contribution in [0.3, 0.4) is 0 Å². The van der Waals surface area contributed by atoms with Gasteiger partial charge in [0.2, 0.25) is 0 Å². The van der Waals surface area contributed by atoms with Gasteiger partial charge < -0.3 is 14.6 Å². The summed E-state index contributed by atoms with van der Waals surface area (Å²) in [5.74, 6) is 0. The second-order valence-electron chi connectivity index (χ2n) is 5.63. The maximum absolute atomic E-state index is 5.71. The number of para-hydroxylation sites is 1. The van der Waals surface area contributed by atoms with Crippen LogP contribution >= 0.6 is 0 Å². The van der Waals surface area contributed by atoms with Gasteiger partial charge in [0.15, 0.2) is 0 Å². The number of imidazole rings is 1. The fraction of sp³-hybridized carbons (Fsp3) is 0.438. The normalized spacial score (nSPS) is 24.6. The fourth-order valence-electron chi connectivity index (χ4n) is 3.42. The number of nitrogens with zero attached hydrogens (tertiary/aromatic N) is 2. The number of fused-ring (bicyclic) bond motifs is 1. The average molecular weight is 269 g/mol. The minimum Gasteiger partial charge on any atom is -0.384 e. The van der Waals surface area contributed by atoms with Crippen LogP contribution in [0.15, 0.2) is 30.7 Å². The number of ether oxygens (including phenoxy) is 1. The molecule has 4 rings (SSSR count). The predicted molar refractivity (Wildman–Crippen MR) is 78.9 cm³/mol. The van der Waals surface area contributed by atoms with Crippen molar-refractivity contribution in [3.05, 3.63) is 36.3 Å². The standard InChI is InChI=1S/C16H19N3O/c1-11-14(6-8-20-11)19-10-17-9-15(19)13-4-2-3-12-5-7-18-16(12)13/h2-4,9-11,14,18H,5-8H2,1H3. The average Bonchev–Trinajstić information content (AvgIpc) is 3.17. The van der Waals surface area contributed by atoms with E-state index < -0.39 is 0 Å². The Morgan fingerprint density at radius 2 is 2.35 bits per heavy atom. The summed E-state index contributed by atoms with van der Waals surface area (Å²) in [5.41, 5.74) is 5.14. The highest BCUT2D eigenvalue weighted by molar-refractivity contribution is 5.79. The number of anilines is 1. The van der Waals surface area contributed by atoms with Gasteiger partial charge in [-0.1, -0.05) is 18.2 Å². The Hall–Kier alpha value is -1.81. The fourth-order valence-corrected chi connectivity index (χ4v) is 3.42. The van der Waals surface area contributed by atoms with Crippen LogP contribution in [-0.4, -0.2) is 28.8 Å². The molecule has 0 spiro atoms. The van der Waals surface area contributed by atoms with Crippen molar-refractivity contribution < 1.29 is 4.74 Å². The molecule has 0 radical (unpaired) electrons. The molecule has 2 aliphatic rings. The minimum atomic E-state index is 0.257. The van der Waals surface area contributed by atoms with Gasteiger partial charge in [0.05, 0.1) is 30.4 Å². The molecule has 1 saturated heterocycles. The molecule has 0 amide bonds. The van der Waals surface area contributed by atoms with Crippen molar-refractivity contribution in [2.45, 2.75) is 31.9 Å². The molecule has 4 nitrogen and oxygen atoms in total. The number of nitrogens with one attached hydrogen (secondary N) is 1. The lowest BCUT2D eigenvalue weighted by atomic mass is 10.0. The van der Waals surface area contributed by atoms with E-state index in [-0.39, 0.29) is 6.10 Å². The molecular formula is C16H19N3O. The Morgan fingerprint density at radius 1 is 1.40 bits per heavy atom. The van der Waals surface area contributed by atoms with Crippen molar-refractivity contribution in [2.75, 3.05) is 18.5 Å². The lowest BCUT2D eigenvalue weighted by Crippen LogP contribution is -2.17. The molecule has 1 aromatic heterocycles. The van der Waals surface area contributed by atoms with Crippen molar-refractivity contribution in [2.24, 2.45) is 0 Å². The van der Waals surface area contributed by atoms with Crippen molar-refractivity contribution in [3.8, 4) is 11.3 Å². The van der Waals surface area contributed by atoms with Gasteiger partial charge in [0.25, 0.3) is 0 Å². The zero-order chi connectivity index (χ0) is 13.5. The van der Waals surface area contributed by atoms with Crippen LogP contribution in [-0.2, 0) is 11.2 Å². The van der Waals surface area contributed by atoms with Crippen LogP contribution in [0.2, 0.25) is 0 Å². The van der Waals surface area contributed by atoms with Crippen LogP contribution in [0.25, 0.3) is 11.3 Å². The van der Waals surface area contributed by atoms with E-state index in [9.17, 15) is 0 Å². The molecule has 2 atom stereocenters. The lowest BCUT2D eigenvalue weighted by molar-refractivity contribution is 0.108. The zero-order valence-corrected chi connectivity index (χ0v) is 11.7. The van der Waals surface area contributed by atoms with Gasteiger partial charge in [0.1, 0.15) is 0 Å².